The topological polar surface area (TPSA) is 54.9 Å². The Morgan fingerprint density at radius 1 is 1.26 bits per heavy atom. The van der Waals surface area contributed by atoms with Crippen molar-refractivity contribution in [3.05, 3.63) is 41.6 Å². The molecule has 1 aromatic heterocycles. The molecule has 1 heterocycles. The SMILES string of the molecule is CCCCc1ccc(CC(=O)Nc2cnsn2)cc1. The smallest absolute Gasteiger partial charge is 0.230 e. The van der Waals surface area contributed by atoms with Gasteiger partial charge in [0.2, 0.25) is 5.91 Å². The van der Waals surface area contributed by atoms with Crippen molar-refractivity contribution in [3.63, 3.8) is 0 Å². The lowest BCUT2D eigenvalue weighted by molar-refractivity contribution is -0.115. The first-order chi connectivity index (χ1) is 9.28. The monoisotopic (exact) mass is 275 g/mol. The molecule has 0 spiro atoms. The lowest BCUT2D eigenvalue weighted by atomic mass is 10.0. The highest BCUT2D eigenvalue weighted by atomic mass is 32.1. The minimum Gasteiger partial charge on any atom is -0.308 e. The fourth-order valence-electron chi connectivity index (χ4n) is 1.80. The summed E-state index contributed by atoms with van der Waals surface area (Å²) in [5.74, 6) is 0.462. The zero-order valence-electron chi connectivity index (χ0n) is 10.9. The van der Waals surface area contributed by atoms with E-state index in [1.807, 2.05) is 12.1 Å². The number of hydrogen-bond donors (Lipinski definition) is 1. The molecule has 0 fully saturated rings. The van der Waals surface area contributed by atoms with Gasteiger partial charge in [0, 0.05) is 0 Å². The molecular formula is C14H17N3OS. The standard InChI is InChI=1S/C14H17N3OS/c1-2-3-4-11-5-7-12(8-6-11)9-14(18)16-13-10-15-19-17-13/h5-8,10H,2-4,9H2,1H3,(H,16,17,18). The Kier molecular flexibility index (Phi) is 5.03. The summed E-state index contributed by atoms with van der Waals surface area (Å²) in [5, 5.41) is 2.72. The Morgan fingerprint density at radius 3 is 2.63 bits per heavy atom. The van der Waals surface area contributed by atoms with E-state index in [2.05, 4.69) is 33.1 Å². The molecule has 0 aliphatic heterocycles. The van der Waals surface area contributed by atoms with E-state index in [4.69, 9.17) is 0 Å². The molecular weight excluding hydrogens is 258 g/mol. The van der Waals surface area contributed by atoms with Crippen LogP contribution >= 0.6 is 11.7 Å². The summed E-state index contributed by atoms with van der Waals surface area (Å²) in [4.78, 5) is 11.8. The Balaban J connectivity index is 1.86. The third kappa shape index (κ3) is 4.44. The van der Waals surface area contributed by atoms with Gasteiger partial charge < -0.3 is 5.32 Å². The van der Waals surface area contributed by atoms with Crippen LogP contribution in [0.2, 0.25) is 0 Å². The van der Waals surface area contributed by atoms with Crippen molar-refractivity contribution >= 4 is 23.5 Å². The van der Waals surface area contributed by atoms with Crippen LogP contribution in [0.5, 0.6) is 0 Å². The summed E-state index contributed by atoms with van der Waals surface area (Å²) < 4.78 is 7.78. The molecule has 4 nitrogen and oxygen atoms in total. The number of nitrogens with zero attached hydrogens (tertiary/aromatic N) is 2. The Labute approximate surface area is 117 Å². The first kappa shape index (κ1) is 13.7. The maximum atomic E-state index is 11.8. The summed E-state index contributed by atoms with van der Waals surface area (Å²) >= 11 is 1.08. The molecule has 0 atom stereocenters. The van der Waals surface area contributed by atoms with Crippen molar-refractivity contribution in [3.8, 4) is 0 Å². The van der Waals surface area contributed by atoms with Gasteiger partial charge in [0.05, 0.1) is 24.3 Å². The summed E-state index contributed by atoms with van der Waals surface area (Å²) in [6, 6.07) is 8.24. The van der Waals surface area contributed by atoms with Gasteiger partial charge in [0.1, 0.15) is 0 Å². The van der Waals surface area contributed by atoms with E-state index in [-0.39, 0.29) is 5.91 Å². The largest absolute Gasteiger partial charge is 0.308 e. The van der Waals surface area contributed by atoms with Crippen LogP contribution in [-0.2, 0) is 17.6 Å². The molecule has 0 radical (unpaired) electrons. The highest BCUT2D eigenvalue weighted by Gasteiger charge is 2.05. The molecule has 0 aliphatic carbocycles. The van der Waals surface area contributed by atoms with Gasteiger partial charge in [0.15, 0.2) is 5.82 Å². The number of nitrogens with one attached hydrogen (secondary N) is 1. The zero-order chi connectivity index (χ0) is 13.5. The number of unbranched alkanes of at least 4 members (excludes halogenated alkanes) is 1. The van der Waals surface area contributed by atoms with Crippen molar-refractivity contribution in [2.45, 2.75) is 32.6 Å². The first-order valence-electron chi connectivity index (χ1n) is 6.43. The van der Waals surface area contributed by atoms with Crippen LogP contribution in [0.1, 0.15) is 30.9 Å². The molecule has 0 bridgehead atoms. The minimum absolute atomic E-state index is 0.0611. The number of carbonyl (C=O) groups is 1. The van der Waals surface area contributed by atoms with Gasteiger partial charge in [-0.1, -0.05) is 37.6 Å². The van der Waals surface area contributed by atoms with Crippen LogP contribution in [0, 0.1) is 0 Å². The first-order valence-corrected chi connectivity index (χ1v) is 7.16. The van der Waals surface area contributed by atoms with Crippen LogP contribution in [-0.4, -0.2) is 14.7 Å². The van der Waals surface area contributed by atoms with E-state index >= 15 is 0 Å². The van der Waals surface area contributed by atoms with Crippen molar-refractivity contribution in [2.75, 3.05) is 5.32 Å². The summed E-state index contributed by atoms with van der Waals surface area (Å²) in [7, 11) is 0. The van der Waals surface area contributed by atoms with Crippen LogP contribution in [0.4, 0.5) is 5.82 Å². The third-order valence-electron chi connectivity index (χ3n) is 2.84. The molecule has 5 heteroatoms. The average Bonchev–Trinajstić information content (AvgIpc) is 2.90. The highest BCUT2D eigenvalue weighted by Crippen LogP contribution is 2.09. The molecule has 0 aliphatic rings. The normalized spacial score (nSPS) is 10.4. The molecule has 1 aromatic carbocycles. The molecule has 19 heavy (non-hydrogen) atoms. The van der Waals surface area contributed by atoms with E-state index in [1.165, 1.54) is 18.4 Å². The predicted molar refractivity (Wildman–Crippen MR) is 77.3 cm³/mol. The number of amides is 1. The van der Waals surface area contributed by atoms with Crippen molar-refractivity contribution in [1.29, 1.82) is 0 Å². The number of hydrogen-bond acceptors (Lipinski definition) is 4. The summed E-state index contributed by atoms with van der Waals surface area (Å²) in [6.45, 7) is 2.19. The summed E-state index contributed by atoms with van der Waals surface area (Å²) in [5.41, 5.74) is 2.34. The second-order valence-electron chi connectivity index (χ2n) is 4.44. The number of carbonyl (C=O) groups excluding carboxylic acids is 1. The van der Waals surface area contributed by atoms with Gasteiger partial charge in [-0.3, -0.25) is 4.79 Å². The van der Waals surface area contributed by atoms with E-state index < -0.39 is 0 Å². The van der Waals surface area contributed by atoms with Gasteiger partial charge in [-0.05, 0) is 24.0 Å². The van der Waals surface area contributed by atoms with Crippen LogP contribution < -0.4 is 5.32 Å². The third-order valence-corrected chi connectivity index (χ3v) is 3.31. The van der Waals surface area contributed by atoms with Crippen molar-refractivity contribution < 1.29 is 4.79 Å². The number of aryl methyl sites for hydroxylation is 1. The van der Waals surface area contributed by atoms with Crippen LogP contribution in [0.3, 0.4) is 0 Å². The van der Waals surface area contributed by atoms with Gasteiger partial charge in [-0.2, -0.15) is 8.75 Å². The van der Waals surface area contributed by atoms with Gasteiger partial charge in [0.25, 0.3) is 0 Å². The van der Waals surface area contributed by atoms with Crippen LogP contribution in [0.25, 0.3) is 0 Å². The van der Waals surface area contributed by atoms with Gasteiger partial charge in [-0.25, -0.2) is 0 Å². The van der Waals surface area contributed by atoms with E-state index in [0.29, 0.717) is 12.2 Å². The molecule has 0 saturated heterocycles. The Bertz CT molecular complexity index is 508. The maximum Gasteiger partial charge on any atom is 0.230 e. The molecule has 100 valence electrons. The van der Waals surface area contributed by atoms with Crippen molar-refractivity contribution in [1.82, 2.24) is 8.75 Å². The lowest BCUT2D eigenvalue weighted by Gasteiger charge is -2.04. The fourth-order valence-corrected chi connectivity index (χ4v) is 2.17. The highest BCUT2D eigenvalue weighted by molar-refractivity contribution is 6.99. The molecule has 0 saturated carbocycles. The Hall–Kier alpha value is -1.75. The molecule has 1 amide bonds. The number of aromatic nitrogens is 2. The van der Waals surface area contributed by atoms with E-state index in [9.17, 15) is 4.79 Å². The molecule has 2 rings (SSSR count). The second kappa shape index (κ2) is 6.99. The molecule has 2 aromatic rings. The van der Waals surface area contributed by atoms with Crippen LogP contribution in [0.15, 0.2) is 30.5 Å². The minimum atomic E-state index is -0.0611. The van der Waals surface area contributed by atoms with E-state index in [1.54, 1.807) is 6.20 Å². The zero-order valence-corrected chi connectivity index (χ0v) is 11.7. The number of rotatable bonds is 6. The molecule has 1 N–H and O–H groups in total. The molecule has 0 unspecified atom stereocenters. The second-order valence-corrected chi connectivity index (χ2v) is 4.99. The van der Waals surface area contributed by atoms with Gasteiger partial charge >= 0.3 is 0 Å². The maximum absolute atomic E-state index is 11.8. The van der Waals surface area contributed by atoms with Crippen molar-refractivity contribution in [2.24, 2.45) is 0 Å². The van der Waals surface area contributed by atoms with Gasteiger partial charge in [-0.15, -0.1) is 0 Å². The predicted octanol–water partition coefficient (Wildman–Crippen LogP) is 3.06. The van der Waals surface area contributed by atoms with E-state index in [0.717, 1.165) is 23.7 Å². The number of anilines is 1. The lowest BCUT2D eigenvalue weighted by Crippen LogP contribution is -2.14. The fraction of sp³-hybridized carbons (Fsp3) is 0.357. The summed E-state index contributed by atoms with van der Waals surface area (Å²) in [6.07, 6.45) is 5.43. The Morgan fingerprint density at radius 2 is 2.00 bits per heavy atom. The quantitative estimate of drug-likeness (QED) is 0.881. The number of benzene rings is 1. The average molecular weight is 275 g/mol.